The van der Waals surface area contributed by atoms with Crippen LogP contribution >= 0.6 is 0 Å². The number of likely N-dealkylation sites (N-methyl/N-ethyl adjacent to an activating group) is 3. The van der Waals surface area contributed by atoms with Gasteiger partial charge in [-0.05, 0) is 124 Å². The van der Waals surface area contributed by atoms with Crippen LogP contribution in [0, 0.1) is 0 Å². The molecule has 4 aromatic rings. The molecule has 0 saturated heterocycles. The summed E-state index contributed by atoms with van der Waals surface area (Å²) in [4.78, 5) is 19.8. The second kappa shape index (κ2) is 13.7. The molecule has 0 saturated carbocycles. The first-order valence-corrected chi connectivity index (χ1v) is 16.9. The first-order chi connectivity index (χ1) is 23.7. The lowest BCUT2D eigenvalue weighted by Gasteiger charge is -2.37. The van der Waals surface area contributed by atoms with Crippen molar-refractivity contribution < 1.29 is 28.5 Å². The Morgan fingerprint density at radius 3 is 2.18 bits per heavy atom. The van der Waals surface area contributed by atoms with Gasteiger partial charge in [-0.3, -0.25) is 19.5 Å². The van der Waals surface area contributed by atoms with Gasteiger partial charge in [0.2, 0.25) is 5.75 Å². The molecule has 0 radical (unpaired) electrons. The quantitative estimate of drug-likeness (QED) is 0.173. The molecule has 8 rings (SSSR count). The summed E-state index contributed by atoms with van der Waals surface area (Å²) in [7, 11) is 11.3. The number of hydrogen-bond acceptors (Lipinski definition) is 9. The van der Waals surface area contributed by atoms with Crippen molar-refractivity contribution in [2.45, 2.75) is 37.8 Å². The highest BCUT2D eigenvalue weighted by Crippen LogP contribution is 2.51. The molecule has 9 heteroatoms. The normalized spacial score (nSPS) is 18.8. The van der Waals surface area contributed by atoms with Gasteiger partial charge in [-0.2, -0.15) is 0 Å². The first-order valence-electron chi connectivity index (χ1n) is 16.9. The van der Waals surface area contributed by atoms with Crippen LogP contribution in [0.2, 0.25) is 0 Å². The summed E-state index contributed by atoms with van der Waals surface area (Å²) < 4.78 is 31.2. The summed E-state index contributed by atoms with van der Waals surface area (Å²) in [5, 5.41) is 0. The zero-order chi connectivity index (χ0) is 34.2. The Bertz CT molecular complexity index is 1860. The molecular formula is C40H45N3O6. The molecule has 0 aromatic heterocycles. The smallest absolute Gasteiger partial charge is 0.325 e. The molecule has 9 nitrogen and oxygen atoms in total. The minimum Gasteiger partial charge on any atom is -0.493 e. The number of nitrogens with zero attached hydrogens (tertiary/aromatic N) is 3. The van der Waals surface area contributed by atoms with Gasteiger partial charge in [0, 0.05) is 30.7 Å². The van der Waals surface area contributed by atoms with Crippen molar-refractivity contribution in [2.75, 3.05) is 62.0 Å². The van der Waals surface area contributed by atoms with Gasteiger partial charge in [-0.15, -0.1) is 0 Å². The van der Waals surface area contributed by atoms with Crippen LogP contribution in [-0.4, -0.2) is 82.7 Å². The van der Waals surface area contributed by atoms with Crippen molar-refractivity contribution in [2.24, 2.45) is 0 Å². The number of benzene rings is 4. The summed E-state index contributed by atoms with van der Waals surface area (Å²) in [6.07, 6.45) is 3.25. The van der Waals surface area contributed by atoms with Crippen LogP contribution in [0.5, 0.6) is 40.2 Å². The van der Waals surface area contributed by atoms with Gasteiger partial charge in [-0.25, -0.2) is 0 Å². The van der Waals surface area contributed by atoms with Crippen molar-refractivity contribution >= 4 is 5.97 Å². The van der Waals surface area contributed by atoms with Gasteiger partial charge in [0.1, 0.15) is 11.5 Å². The molecule has 0 fully saturated rings. The van der Waals surface area contributed by atoms with Crippen molar-refractivity contribution in [3.8, 4) is 40.2 Å². The summed E-state index contributed by atoms with van der Waals surface area (Å²) >= 11 is 0. The van der Waals surface area contributed by atoms with Crippen LogP contribution in [0.15, 0.2) is 66.7 Å². The predicted molar refractivity (Wildman–Crippen MR) is 189 cm³/mol. The molecule has 0 amide bonds. The average Bonchev–Trinajstić information content (AvgIpc) is 3.08. The van der Waals surface area contributed by atoms with Gasteiger partial charge < -0.3 is 23.7 Å². The van der Waals surface area contributed by atoms with E-state index in [-0.39, 0.29) is 18.6 Å². The average molecular weight is 664 g/mol. The fourth-order valence-corrected chi connectivity index (χ4v) is 7.38. The fourth-order valence-electron chi connectivity index (χ4n) is 7.38. The van der Waals surface area contributed by atoms with E-state index in [4.69, 9.17) is 23.7 Å². The number of ether oxygens (including phenoxy) is 5. The van der Waals surface area contributed by atoms with E-state index in [1.54, 1.807) is 19.1 Å². The highest BCUT2D eigenvalue weighted by molar-refractivity contribution is 5.77. The number of methoxy groups -OCH3 is 2. The molecule has 49 heavy (non-hydrogen) atoms. The molecule has 0 unspecified atom stereocenters. The van der Waals surface area contributed by atoms with Crippen LogP contribution in [-0.2, 0) is 30.5 Å². The zero-order valence-corrected chi connectivity index (χ0v) is 29.2. The Morgan fingerprint density at radius 2 is 1.45 bits per heavy atom. The third-order valence-corrected chi connectivity index (χ3v) is 10.0. The van der Waals surface area contributed by atoms with Gasteiger partial charge in [0.25, 0.3) is 0 Å². The number of esters is 1. The molecule has 4 aliphatic rings. The van der Waals surface area contributed by atoms with E-state index in [1.165, 1.54) is 16.7 Å². The van der Waals surface area contributed by atoms with Gasteiger partial charge in [0.15, 0.2) is 23.0 Å². The van der Waals surface area contributed by atoms with E-state index in [0.29, 0.717) is 40.9 Å². The Hall–Kier alpha value is -4.57. The van der Waals surface area contributed by atoms with Crippen LogP contribution in [0.4, 0.5) is 0 Å². The van der Waals surface area contributed by atoms with Gasteiger partial charge >= 0.3 is 5.97 Å². The molecule has 0 spiro atoms. The number of carbonyl (C=O) groups excluding carboxylic acids is 1. The largest absolute Gasteiger partial charge is 0.493 e. The Morgan fingerprint density at radius 1 is 0.776 bits per heavy atom. The van der Waals surface area contributed by atoms with Crippen LogP contribution in [0.1, 0.15) is 45.5 Å². The lowest BCUT2D eigenvalue weighted by molar-refractivity contribution is -0.135. The second-order valence-electron chi connectivity index (χ2n) is 13.6. The predicted octanol–water partition coefficient (Wildman–Crippen LogP) is 6.61. The van der Waals surface area contributed by atoms with E-state index in [1.807, 2.05) is 44.4 Å². The third kappa shape index (κ3) is 6.71. The number of fused-ring (bicyclic) bond motifs is 2. The second-order valence-corrected chi connectivity index (χ2v) is 13.6. The summed E-state index contributed by atoms with van der Waals surface area (Å²) in [5.41, 5.74) is 6.95. The van der Waals surface area contributed by atoms with E-state index < -0.39 is 5.97 Å². The van der Waals surface area contributed by atoms with E-state index >= 15 is 0 Å². The van der Waals surface area contributed by atoms with Gasteiger partial charge in [-0.1, -0.05) is 24.3 Å². The number of hydrogen-bond donors (Lipinski definition) is 0. The maximum atomic E-state index is 13.2. The topological polar surface area (TPSA) is 72.9 Å². The van der Waals surface area contributed by atoms with Crippen LogP contribution in [0.3, 0.4) is 0 Å². The van der Waals surface area contributed by atoms with Gasteiger partial charge in [0.05, 0.1) is 20.8 Å². The SMILES string of the molecule is COc1ccc2cc1Oc1ccc(cc1)C[C@H]1c3cc(ccc3CCN1C)Oc1c(OC(=O)CN(C)C)c(OC)cc3c1[C@H](C2)N(C)CC3. The highest BCUT2D eigenvalue weighted by atomic mass is 16.6. The maximum Gasteiger partial charge on any atom is 0.325 e. The lowest BCUT2D eigenvalue weighted by atomic mass is 9.87. The van der Waals surface area contributed by atoms with E-state index in [9.17, 15) is 4.79 Å². The van der Waals surface area contributed by atoms with Crippen LogP contribution < -0.4 is 23.7 Å². The maximum absolute atomic E-state index is 13.2. The van der Waals surface area contributed by atoms with Crippen molar-refractivity contribution in [3.05, 3.63) is 100 Å². The monoisotopic (exact) mass is 663 g/mol. The Balaban J connectivity index is 1.44. The fraction of sp³-hybridized carbons (Fsp3) is 0.375. The van der Waals surface area contributed by atoms with E-state index in [2.05, 4.69) is 60.3 Å². The first kappa shape index (κ1) is 33.0. The molecule has 4 heterocycles. The molecule has 4 aromatic carbocycles. The van der Waals surface area contributed by atoms with Crippen molar-refractivity contribution in [3.63, 3.8) is 0 Å². The van der Waals surface area contributed by atoms with Crippen molar-refractivity contribution in [1.82, 2.24) is 14.7 Å². The minimum absolute atomic E-state index is 0.0909. The standard InChI is InChI=1S/C40H45N3O6/c1-41(2)24-37(44)49-39-36(46-6)22-28-16-18-43(4)33-20-26-9-14-34(45-5)35(21-26)47-29-11-7-25(8-12-29)19-32-31-23-30(48-40(39)38(28)33)13-10-27(31)15-17-42(32)3/h7-14,21-23,32-33H,15-20,24H2,1-6H3/t32-,33-/m0/s1. The summed E-state index contributed by atoms with van der Waals surface area (Å²) in [5.74, 6) is 3.67. The third-order valence-electron chi connectivity index (χ3n) is 10.0. The Labute approximate surface area is 288 Å². The van der Waals surface area contributed by atoms with Crippen LogP contribution in [0.25, 0.3) is 0 Å². The zero-order valence-electron chi connectivity index (χ0n) is 29.2. The summed E-state index contributed by atoms with van der Waals surface area (Å²) in [6.45, 7) is 1.93. The molecule has 256 valence electrons. The lowest BCUT2D eigenvalue weighted by Crippen LogP contribution is -2.34. The summed E-state index contributed by atoms with van der Waals surface area (Å²) in [6, 6.07) is 22.9. The molecule has 6 bridgehead atoms. The minimum atomic E-state index is -0.391. The molecule has 2 atom stereocenters. The van der Waals surface area contributed by atoms with E-state index in [0.717, 1.165) is 54.8 Å². The molecule has 0 N–H and O–H groups in total. The number of rotatable bonds is 5. The molecular weight excluding hydrogens is 618 g/mol. The highest BCUT2D eigenvalue weighted by Gasteiger charge is 2.35. The van der Waals surface area contributed by atoms with Crippen molar-refractivity contribution in [1.29, 1.82) is 0 Å². The molecule has 4 aliphatic heterocycles. The Kier molecular flexibility index (Phi) is 9.24. The molecule has 0 aliphatic carbocycles. The number of carbonyl (C=O) groups is 1.